The van der Waals surface area contributed by atoms with Crippen LogP contribution in [0.3, 0.4) is 0 Å². The van der Waals surface area contributed by atoms with Crippen LogP contribution >= 0.6 is 0 Å². The molecule has 0 aromatic carbocycles. The fourth-order valence-electron chi connectivity index (χ4n) is 2.48. The van der Waals surface area contributed by atoms with E-state index in [1.807, 2.05) is 0 Å². The van der Waals surface area contributed by atoms with Gasteiger partial charge in [-0.1, -0.05) is 0 Å². The fraction of sp³-hybridized carbons (Fsp3) is 0.846. The van der Waals surface area contributed by atoms with E-state index in [1.165, 1.54) is 4.90 Å². The summed E-state index contributed by atoms with van der Waals surface area (Å²) in [6.45, 7) is 1.14. The molecule has 3 N–H and O–H groups in total. The first kappa shape index (κ1) is 15.1. The molecule has 2 fully saturated rings. The molecule has 114 valence electrons. The van der Waals surface area contributed by atoms with Crippen molar-refractivity contribution in [3.8, 4) is 0 Å². The smallest absolute Gasteiger partial charge is 0.326 e. The Hall–Kier alpha value is -1.34. The van der Waals surface area contributed by atoms with Gasteiger partial charge in [-0.3, -0.25) is 0 Å². The number of hydrogen-bond acceptors (Lipinski definition) is 4. The van der Waals surface area contributed by atoms with Crippen molar-refractivity contribution in [3.05, 3.63) is 0 Å². The Morgan fingerprint density at radius 3 is 2.50 bits per heavy atom. The number of carboxylic acid groups (broad SMARTS) is 1. The van der Waals surface area contributed by atoms with E-state index in [9.17, 15) is 14.7 Å². The Morgan fingerprint density at radius 1 is 1.40 bits per heavy atom. The second-order valence-electron chi connectivity index (χ2n) is 5.80. The van der Waals surface area contributed by atoms with Crippen molar-refractivity contribution in [3.63, 3.8) is 0 Å². The number of likely N-dealkylation sites (N-methyl/N-ethyl adjacent to an activating group) is 1. The summed E-state index contributed by atoms with van der Waals surface area (Å²) in [5.41, 5.74) is -0.942. The topological polar surface area (TPSA) is 99.1 Å². The molecule has 1 heterocycles. The van der Waals surface area contributed by atoms with Gasteiger partial charge in [-0.15, -0.1) is 0 Å². The molecular formula is C13H22N2O5. The van der Waals surface area contributed by atoms with Crippen molar-refractivity contribution in [1.29, 1.82) is 0 Å². The summed E-state index contributed by atoms with van der Waals surface area (Å²) in [5.74, 6) is -0.963. The lowest BCUT2D eigenvalue weighted by Gasteiger charge is -2.35. The second-order valence-corrected chi connectivity index (χ2v) is 5.80. The summed E-state index contributed by atoms with van der Waals surface area (Å²) in [4.78, 5) is 24.5. The minimum absolute atomic E-state index is 0.0380. The van der Waals surface area contributed by atoms with Crippen molar-refractivity contribution in [2.75, 3.05) is 26.8 Å². The zero-order valence-corrected chi connectivity index (χ0v) is 11.7. The summed E-state index contributed by atoms with van der Waals surface area (Å²) >= 11 is 0. The van der Waals surface area contributed by atoms with Gasteiger partial charge in [0, 0.05) is 33.1 Å². The number of aliphatic hydroxyl groups is 1. The average Bonchev–Trinajstić information content (AvgIpc) is 3.19. The molecule has 1 atom stereocenters. The molecule has 1 saturated carbocycles. The lowest BCUT2D eigenvalue weighted by atomic mass is 9.94. The highest BCUT2D eigenvalue weighted by Gasteiger charge is 2.39. The third kappa shape index (κ3) is 3.83. The Morgan fingerprint density at radius 2 is 2.00 bits per heavy atom. The Kier molecular flexibility index (Phi) is 4.49. The number of nitrogens with one attached hydrogen (secondary N) is 1. The van der Waals surface area contributed by atoms with E-state index < -0.39 is 23.6 Å². The molecule has 20 heavy (non-hydrogen) atoms. The normalized spacial score (nSPS) is 22.9. The van der Waals surface area contributed by atoms with E-state index in [4.69, 9.17) is 9.84 Å². The van der Waals surface area contributed by atoms with Gasteiger partial charge in [0.2, 0.25) is 0 Å². The lowest BCUT2D eigenvalue weighted by molar-refractivity contribution is -0.139. The molecule has 1 saturated heterocycles. The van der Waals surface area contributed by atoms with E-state index in [0.29, 0.717) is 26.1 Å². The number of amides is 2. The van der Waals surface area contributed by atoms with Gasteiger partial charge in [0.15, 0.2) is 0 Å². The molecule has 2 aliphatic rings. The van der Waals surface area contributed by atoms with Crippen LogP contribution in [0.25, 0.3) is 0 Å². The molecule has 0 aromatic rings. The zero-order valence-electron chi connectivity index (χ0n) is 11.7. The quantitative estimate of drug-likeness (QED) is 0.662. The van der Waals surface area contributed by atoms with Gasteiger partial charge in [0.25, 0.3) is 0 Å². The van der Waals surface area contributed by atoms with Gasteiger partial charge in [-0.25, -0.2) is 9.59 Å². The van der Waals surface area contributed by atoms with Crippen molar-refractivity contribution >= 4 is 12.0 Å². The number of nitrogens with zero attached hydrogens (tertiary/aromatic N) is 1. The molecule has 2 amide bonds. The molecule has 1 aliphatic carbocycles. The molecule has 1 unspecified atom stereocenters. The predicted molar refractivity (Wildman–Crippen MR) is 70.3 cm³/mol. The third-order valence-corrected chi connectivity index (χ3v) is 3.94. The van der Waals surface area contributed by atoms with Crippen LogP contribution in [0.1, 0.15) is 25.7 Å². The van der Waals surface area contributed by atoms with E-state index in [1.54, 1.807) is 7.05 Å². The second kappa shape index (κ2) is 5.97. The van der Waals surface area contributed by atoms with Gasteiger partial charge < -0.3 is 25.2 Å². The van der Waals surface area contributed by atoms with Crippen molar-refractivity contribution < 1.29 is 24.5 Å². The number of ether oxygens (including phenoxy) is 1. The number of carbonyl (C=O) groups is 2. The van der Waals surface area contributed by atoms with E-state index in [-0.39, 0.29) is 12.5 Å². The van der Waals surface area contributed by atoms with Crippen LogP contribution in [0.15, 0.2) is 0 Å². The van der Waals surface area contributed by atoms with Gasteiger partial charge in [0.05, 0.1) is 12.1 Å². The van der Waals surface area contributed by atoms with E-state index >= 15 is 0 Å². The Labute approximate surface area is 117 Å². The minimum atomic E-state index is -1.00. The largest absolute Gasteiger partial charge is 0.480 e. The van der Waals surface area contributed by atoms with Crippen LogP contribution in [0.2, 0.25) is 0 Å². The molecule has 1 aliphatic heterocycles. The van der Waals surface area contributed by atoms with Gasteiger partial charge in [0.1, 0.15) is 6.04 Å². The molecular weight excluding hydrogens is 264 g/mol. The first-order chi connectivity index (χ1) is 9.41. The Balaban J connectivity index is 1.86. The molecule has 2 rings (SSSR count). The third-order valence-electron chi connectivity index (χ3n) is 3.94. The zero-order chi connectivity index (χ0) is 14.8. The first-order valence-electron chi connectivity index (χ1n) is 6.96. The monoisotopic (exact) mass is 286 g/mol. The van der Waals surface area contributed by atoms with Gasteiger partial charge >= 0.3 is 12.0 Å². The van der Waals surface area contributed by atoms with Crippen LogP contribution in [0.4, 0.5) is 4.79 Å². The SMILES string of the molecule is CN(CC1(O)CCOCC1)C(=O)NC(C(=O)O)C1CC1. The van der Waals surface area contributed by atoms with Gasteiger partial charge in [-0.2, -0.15) is 0 Å². The average molecular weight is 286 g/mol. The molecule has 0 aromatic heterocycles. The highest BCUT2D eigenvalue weighted by atomic mass is 16.5. The summed E-state index contributed by atoms with van der Waals surface area (Å²) < 4.78 is 5.19. The summed E-state index contributed by atoms with van der Waals surface area (Å²) in [7, 11) is 1.56. The number of hydrogen-bond donors (Lipinski definition) is 3. The van der Waals surface area contributed by atoms with E-state index in [2.05, 4.69) is 5.32 Å². The minimum Gasteiger partial charge on any atom is -0.480 e. The highest BCUT2D eigenvalue weighted by molar-refractivity contribution is 5.83. The summed E-state index contributed by atoms with van der Waals surface area (Å²) in [5, 5.41) is 22.0. The summed E-state index contributed by atoms with van der Waals surface area (Å²) in [6.07, 6.45) is 2.63. The van der Waals surface area contributed by atoms with Crippen LogP contribution in [0, 0.1) is 5.92 Å². The van der Waals surface area contributed by atoms with E-state index in [0.717, 1.165) is 12.8 Å². The maximum absolute atomic E-state index is 12.0. The van der Waals surface area contributed by atoms with Crippen LogP contribution in [-0.4, -0.2) is 65.6 Å². The standard InChI is InChI=1S/C13H22N2O5/c1-15(8-13(19)4-6-20-7-5-13)12(18)14-10(11(16)17)9-2-3-9/h9-10,19H,2-8H2,1H3,(H,14,18)(H,16,17). The number of aliphatic carboxylic acids is 1. The maximum Gasteiger partial charge on any atom is 0.326 e. The van der Waals surface area contributed by atoms with Crippen molar-refractivity contribution in [1.82, 2.24) is 10.2 Å². The van der Waals surface area contributed by atoms with Crippen LogP contribution < -0.4 is 5.32 Å². The highest BCUT2D eigenvalue weighted by Crippen LogP contribution is 2.32. The Bertz CT molecular complexity index is 377. The number of carboxylic acids is 1. The number of rotatable bonds is 5. The lowest BCUT2D eigenvalue weighted by Crippen LogP contribution is -2.53. The number of carbonyl (C=O) groups excluding carboxylic acids is 1. The maximum atomic E-state index is 12.0. The molecule has 7 heteroatoms. The van der Waals surface area contributed by atoms with Crippen LogP contribution in [0.5, 0.6) is 0 Å². The van der Waals surface area contributed by atoms with Gasteiger partial charge in [-0.05, 0) is 18.8 Å². The van der Waals surface area contributed by atoms with Crippen molar-refractivity contribution in [2.24, 2.45) is 5.92 Å². The van der Waals surface area contributed by atoms with Crippen molar-refractivity contribution in [2.45, 2.75) is 37.3 Å². The summed E-state index contributed by atoms with van der Waals surface area (Å²) in [6, 6.07) is -1.28. The molecule has 0 spiro atoms. The molecule has 0 radical (unpaired) electrons. The van der Waals surface area contributed by atoms with Crippen LogP contribution in [-0.2, 0) is 9.53 Å². The molecule has 0 bridgehead atoms. The fourth-order valence-corrected chi connectivity index (χ4v) is 2.48. The predicted octanol–water partition coefficient (Wildman–Crippen LogP) is 0.0325. The number of urea groups is 1. The first-order valence-corrected chi connectivity index (χ1v) is 6.96. The molecule has 7 nitrogen and oxygen atoms in total.